The SMILES string of the molecule is Cc1nc(Cc2ncc(C(=O)Cc3c(C)cccc3Cl)s2)cc(N2CCN(CC(=O)OC(C)(C)C)CC2)n1. The number of esters is 1. The topological polar surface area (TPSA) is 88.5 Å². The number of piperazine rings is 1. The highest BCUT2D eigenvalue weighted by molar-refractivity contribution is 7.13. The van der Waals surface area contributed by atoms with Crippen molar-refractivity contribution in [3.63, 3.8) is 0 Å². The summed E-state index contributed by atoms with van der Waals surface area (Å²) < 4.78 is 5.45. The van der Waals surface area contributed by atoms with Gasteiger partial charge in [-0.15, -0.1) is 11.3 Å². The Morgan fingerprint density at radius 3 is 2.53 bits per heavy atom. The van der Waals surface area contributed by atoms with Crippen molar-refractivity contribution in [2.45, 2.75) is 53.1 Å². The standard InChI is InChI=1S/C28H34ClN5O3S/c1-18-7-6-8-22(29)21(18)15-23(35)24-16-30-26(38-24)14-20-13-25(32-19(2)31-20)34-11-9-33(10-12-34)17-27(36)37-28(3,4)5/h6-8,13,16H,9-12,14-15,17H2,1-5H3. The first-order chi connectivity index (χ1) is 18.0. The van der Waals surface area contributed by atoms with E-state index in [1.165, 1.54) is 11.3 Å². The number of aromatic nitrogens is 3. The van der Waals surface area contributed by atoms with Crippen LogP contribution in [0.3, 0.4) is 0 Å². The Morgan fingerprint density at radius 1 is 1.11 bits per heavy atom. The molecule has 38 heavy (non-hydrogen) atoms. The van der Waals surface area contributed by atoms with Gasteiger partial charge in [0.1, 0.15) is 17.2 Å². The summed E-state index contributed by atoms with van der Waals surface area (Å²) in [6.45, 7) is 12.8. The molecule has 3 aromatic rings. The van der Waals surface area contributed by atoms with Crippen LogP contribution in [0.2, 0.25) is 5.02 Å². The third-order valence-corrected chi connectivity index (χ3v) is 7.59. The molecular formula is C28H34ClN5O3S. The molecule has 0 saturated carbocycles. The van der Waals surface area contributed by atoms with Crippen LogP contribution in [0.5, 0.6) is 0 Å². The van der Waals surface area contributed by atoms with Gasteiger partial charge in [-0.3, -0.25) is 14.5 Å². The van der Waals surface area contributed by atoms with E-state index in [2.05, 4.69) is 24.8 Å². The number of carbonyl (C=O) groups is 2. The first kappa shape index (κ1) is 28.1. The van der Waals surface area contributed by atoms with E-state index < -0.39 is 5.60 Å². The molecule has 0 radical (unpaired) electrons. The average Bonchev–Trinajstić information content (AvgIpc) is 3.29. The molecule has 0 N–H and O–H groups in total. The van der Waals surface area contributed by atoms with Gasteiger partial charge in [0.05, 0.1) is 22.1 Å². The fraction of sp³-hybridized carbons (Fsp3) is 0.464. The largest absolute Gasteiger partial charge is 0.459 e. The molecule has 1 aromatic carbocycles. The van der Waals surface area contributed by atoms with E-state index in [0.717, 1.165) is 53.8 Å². The van der Waals surface area contributed by atoms with Gasteiger partial charge in [-0.2, -0.15) is 0 Å². The second-order valence-electron chi connectivity index (χ2n) is 10.5. The molecule has 0 unspecified atom stereocenters. The minimum atomic E-state index is -0.478. The highest BCUT2D eigenvalue weighted by atomic mass is 35.5. The number of halogens is 1. The van der Waals surface area contributed by atoms with Crippen LogP contribution < -0.4 is 4.90 Å². The Labute approximate surface area is 233 Å². The van der Waals surface area contributed by atoms with Crippen LogP contribution in [-0.4, -0.2) is 69.9 Å². The first-order valence-electron chi connectivity index (χ1n) is 12.7. The van der Waals surface area contributed by atoms with Crippen molar-refractivity contribution >= 4 is 40.5 Å². The van der Waals surface area contributed by atoms with E-state index in [1.807, 2.05) is 58.9 Å². The van der Waals surface area contributed by atoms with Gasteiger partial charge in [0.25, 0.3) is 0 Å². The number of anilines is 1. The van der Waals surface area contributed by atoms with Crippen molar-refractivity contribution in [2.75, 3.05) is 37.6 Å². The number of aryl methyl sites for hydroxylation is 2. The maximum absolute atomic E-state index is 12.9. The van der Waals surface area contributed by atoms with E-state index in [9.17, 15) is 9.59 Å². The number of carbonyl (C=O) groups excluding carboxylic acids is 2. The molecule has 0 amide bonds. The lowest BCUT2D eigenvalue weighted by Crippen LogP contribution is -2.49. The molecule has 0 spiro atoms. The van der Waals surface area contributed by atoms with Crippen LogP contribution in [0.25, 0.3) is 0 Å². The zero-order chi connectivity index (χ0) is 27.4. The van der Waals surface area contributed by atoms with Gasteiger partial charge in [0, 0.05) is 56.3 Å². The molecule has 1 saturated heterocycles. The lowest BCUT2D eigenvalue weighted by atomic mass is 10.0. The number of Topliss-reactive ketones (excluding diaryl/α,β-unsaturated/α-hetero) is 1. The van der Waals surface area contributed by atoms with Crippen LogP contribution in [0.1, 0.15) is 58.1 Å². The smallest absolute Gasteiger partial charge is 0.320 e. The Morgan fingerprint density at radius 2 is 1.84 bits per heavy atom. The summed E-state index contributed by atoms with van der Waals surface area (Å²) in [5.41, 5.74) is 2.24. The van der Waals surface area contributed by atoms with E-state index >= 15 is 0 Å². The lowest BCUT2D eigenvalue weighted by molar-refractivity contribution is -0.156. The van der Waals surface area contributed by atoms with E-state index in [1.54, 1.807) is 6.20 Å². The van der Waals surface area contributed by atoms with Gasteiger partial charge in [0.2, 0.25) is 0 Å². The number of nitrogens with zero attached hydrogens (tertiary/aromatic N) is 5. The number of benzene rings is 1. The predicted octanol–water partition coefficient (Wildman–Crippen LogP) is 4.68. The number of ketones is 1. The maximum atomic E-state index is 12.9. The minimum Gasteiger partial charge on any atom is -0.459 e. The summed E-state index contributed by atoms with van der Waals surface area (Å²) in [6, 6.07) is 7.65. The molecule has 8 nitrogen and oxygen atoms in total. The Kier molecular flexibility index (Phi) is 8.80. The second kappa shape index (κ2) is 11.9. The Balaban J connectivity index is 1.37. The summed E-state index contributed by atoms with van der Waals surface area (Å²) in [5, 5.41) is 1.44. The molecular weight excluding hydrogens is 522 g/mol. The average molecular weight is 556 g/mol. The van der Waals surface area contributed by atoms with Gasteiger partial charge in [-0.25, -0.2) is 15.0 Å². The Bertz CT molecular complexity index is 1290. The summed E-state index contributed by atoms with van der Waals surface area (Å²) in [6.07, 6.45) is 2.43. The highest BCUT2D eigenvalue weighted by Crippen LogP contribution is 2.24. The molecule has 10 heteroatoms. The summed E-state index contributed by atoms with van der Waals surface area (Å²) in [7, 11) is 0. The highest BCUT2D eigenvalue weighted by Gasteiger charge is 2.24. The molecule has 1 aliphatic heterocycles. The van der Waals surface area contributed by atoms with Crippen LogP contribution in [0, 0.1) is 13.8 Å². The van der Waals surface area contributed by atoms with E-state index in [0.29, 0.717) is 28.7 Å². The van der Waals surface area contributed by atoms with Crippen LogP contribution in [0.4, 0.5) is 5.82 Å². The lowest BCUT2D eigenvalue weighted by Gasteiger charge is -2.35. The molecule has 0 aliphatic carbocycles. The minimum absolute atomic E-state index is 0.00811. The zero-order valence-corrected chi connectivity index (χ0v) is 24.2. The van der Waals surface area contributed by atoms with Gasteiger partial charge in [0.15, 0.2) is 5.78 Å². The normalized spacial score (nSPS) is 14.5. The van der Waals surface area contributed by atoms with E-state index in [-0.39, 0.29) is 18.2 Å². The number of ether oxygens (including phenoxy) is 1. The summed E-state index contributed by atoms with van der Waals surface area (Å²) in [5.74, 6) is 1.37. The van der Waals surface area contributed by atoms with Crippen molar-refractivity contribution in [2.24, 2.45) is 0 Å². The fourth-order valence-corrected chi connectivity index (χ4v) is 5.53. The quantitative estimate of drug-likeness (QED) is 0.292. The van der Waals surface area contributed by atoms with Crippen LogP contribution in [-0.2, 0) is 22.4 Å². The molecule has 1 aliphatic rings. The third-order valence-electron chi connectivity index (χ3n) is 6.20. The summed E-state index contributed by atoms with van der Waals surface area (Å²) in [4.78, 5) is 43.8. The number of thiazole rings is 1. The molecule has 0 bridgehead atoms. The molecule has 4 rings (SSSR count). The zero-order valence-electron chi connectivity index (χ0n) is 22.6. The van der Waals surface area contributed by atoms with Crippen molar-refractivity contribution in [3.05, 3.63) is 68.0 Å². The molecule has 3 heterocycles. The summed E-state index contributed by atoms with van der Waals surface area (Å²) >= 11 is 7.71. The number of rotatable bonds is 8. The van der Waals surface area contributed by atoms with Crippen molar-refractivity contribution in [1.82, 2.24) is 19.9 Å². The third kappa shape index (κ3) is 7.58. The van der Waals surface area contributed by atoms with Gasteiger partial charge >= 0.3 is 5.97 Å². The van der Waals surface area contributed by atoms with Crippen molar-refractivity contribution < 1.29 is 14.3 Å². The second-order valence-corrected chi connectivity index (χ2v) is 12.1. The maximum Gasteiger partial charge on any atom is 0.320 e. The van der Waals surface area contributed by atoms with Crippen LogP contribution >= 0.6 is 22.9 Å². The molecule has 0 atom stereocenters. The van der Waals surface area contributed by atoms with E-state index in [4.69, 9.17) is 16.3 Å². The Hall–Kier alpha value is -2.88. The number of hydrogen-bond acceptors (Lipinski definition) is 9. The van der Waals surface area contributed by atoms with Crippen LogP contribution in [0.15, 0.2) is 30.5 Å². The first-order valence-corrected chi connectivity index (χ1v) is 13.9. The van der Waals surface area contributed by atoms with Crippen molar-refractivity contribution in [1.29, 1.82) is 0 Å². The van der Waals surface area contributed by atoms with Crippen molar-refractivity contribution in [3.8, 4) is 0 Å². The van der Waals surface area contributed by atoms with Gasteiger partial charge < -0.3 is 9.64 Å². The predicted molar refractivity (Wildman–Crippen MR) is 150 cm³/mol. The van der Waals surface area contributed by atoms with Gasteiger partial charge in [-0.1, -0.05) is 23.7 Å². The molecule has 202 valence electrons. The fourth-order valence-electron chi connectivity index (χ4n) is 4.37. The monoisotopic (exact) mass is 555 g/mol. The molecule has 1 fully saturated rings. The number of hydrogen-bond donors (Lipinski definition) is 0. The van der Waals surface area contributed by atoms with Gasteiger partial charge in [-0.05, 0) is 51.8 Å². The molecule has 2 aromatic heterocycles.